The van der Waals surface area contributed by atoms with Crippen LogP contribution in [0.25, 0.3) is 0 Å². The molecule has 164 valence electrons. The Morgan fingerprint density at radius 1 is 0.519 bits per heavy atom. The Bertz CT molecular complexity index is 312. The molecule has 0 aromatic carbocycles. The summed E-state index contributed by atoms with van der Waals surface area (Å²) in [6.45, 7) is 2.00. The number of unbranched alkanes of at least 4 members (excludes halogenated alkanes) is 16. The van der Waals surface area contributed by atoms with Crippen LogP contribution in [-0.2, 0) is 13.6 Å². The Labute approximate surface area is 174 Å². The third-order valence-corrected chi connectivity index (χ3v) is 6.55. The van der Waals surface area contributed by atoms with Gasteiger partial charge >= 0.3 is 6.95 Å². The van der Waals surface area contributed by atoms with Crippen molar-refractivity contribution >= 4 is 18.2 Å². The topological polar surface area (TPSA) is 35.5 Å². The van der Waals surface area contributed by atoms with E-state index in [0.29, 0.717) is 13.2 Å². The smallest absolute Gasteiger partial charge is 0.297 e. The van der Waals surface area contributed by atoms with Crippen LogP contribution in [0.1, 0.15) is 129 Å². The van der Waals surface area contributed by atoms with E-state index < -0.39 is 6.95 Å². The first-order valence-corrected chi connectivity index (χ1v) is 14.2. The van der Waals surface area contributed by atoms with Gasteiger partial charge in [-0.25, -0.2) is 4.57 Å². The molecule has 0 fully saturated rings. The largest absolute Gasteiger partial charge is 0.424 e. The molecule has 0 spiro atoms. The standard InChI is InChI=1S/C22H46ClO3P/c1-3-5-7-9-11-13-15-17-19-21-25-27(23,24)26-22-20-18-16-14-12-10-8-6-4-2/h3-22H2,1-2H3. The van der Waals surface area contributed by atoms with E-state index in [2.05, 4.69) is 13.8 Å². The average molecular weight is 425 g/mol. The highest BCUT2D eigenvalue weighted by Crippen LogP contribution is 2.53. The van der Waals surface area contributed by atoms with Gasteiger partial charge in [-0.2, -0.15) is 0 Å². The van der Waals surface area contributed by atoms with Gasteiger partial charge in [0.25, 0.3) is 0 Å². The minimum Gasteiger partial charge on any atom is -0.297 e. The van der Waals surface area contributed by atoms with Crippen molar-refractivity contribution in [3.8, 4) is 0 Å². The zero-order chi connectivity index (χ0) is 20.1. The molecule has 0 atom stereocenters. The molecule has 0 radical (unpaired) electrons. The summed E-state index contributed by atoms with van der Waals surface area (Å²) < 4.78 is 22.5. The summed E-state index contributed by atoms with van der Waals surface area (Å²) in [7, 11) is 0. The van der Waals surface area contributed by atoms with Crippen molar-refractivity contribution < 1.29 is 13.6 Å². The number of rotatable bonds is 22. The summed E-state index contributed by atoms with van der Waals surface area (Å²) in [5.74, 6) is 0. The second kappa shape index (κ2) is 21.2. The highest BCUT2D eigenvalue weighted by atomic mass is 35.7. The molecule has 0 bridgehead atoms. The molecule has 0 unspecified atom stereocenters. The van der Waals surface area contributed by atoms with E-state index in [1.165, 1.54) is 89.9 Å². The quantitative estimate of drug-likeness (QED) is 0.128. The van der Waals surface area contributed by atoms with E-state index in [9.17, 15) is 4.57 Å². The van der Waals surface area contributed by atoms with E-state index in [4.69, 9.17) is 20.3 Å². The molecule has 0 aromatic heterocycles. The predicted octanol–water partition coefficient (Wildman–Crippen LogP) is 9.43. The van der Waals surface area contributed by atoms with Crippen LogP contribution >= 0.6 is 18.2 Å². The van der Waals surface area contributed by atoms with Crippen LogP contribution in [0.5, 0.6) is 0 Å². The van der Waals surface area contributed by atoms with Crippen molar-refractivity contribution in [1.29, 1.82) is 0 Å². The molecular formula is C22H46ClO3P. The van der Waals surface area contributed by atoms with Crippen molar-refractivity contribution in [3.05, 3.63) is 0 Å². The Hall–Kier alpha value is 0.440. The molecule has 0 N–H and O–H groups in total. The Balaban J connectivity index is 3.32. The van der Waals surface area contributed by atoms with Gasteiger partial charge < -0.3 is 0 Å². The fourth-order valence-electron chi connectivity index (χ4n) is 3.21. The molecule has 0 aliphatic carbocycles. The van der Waals surface area contributed by atoms with E-state index >= 15 is 0 Å². The van der Waals surface area contributed by atoms with Crippen LogP contribution in [0, 0.1) is 0 Å². The second-order valence-corrected chi connectivity index (χ2v) is 10.4. The summed E-state index contributed by atoms with van der Waals surface area (Å²) in [5, 5.41) is 0. The third-order valence-electron chi connectivity index (χ3n) is 4.99. The van der Waals surface area contributed by atoms with Gasteiger partial charge in [0.1, 0.15) is 0 Å². The number of hydrogen-bond acceptors (Lipinski definition) is 3. The highest BCUT2D eigenvalue weighted by Gasteiger charge is 2.19. The van der Waals surface area contributed by atoms with E-state index in [0.717, 1.165) is 25.7 Å². The molecule has 0 saturated carbocycles. The van der Waals surface area contributed by atoms with Crippen LogP contribution in [0.3, 0.4) is 0 Å². The van der Waals surface area contributed by atoms with E-state index in [-0.39, 0.29) is 0 Å². The van der Waals surface area contributed by atoms with Crippen molar-refractivity contribution in [2.45, 2.75) is 129 Å². The minimum absolute atomic E-state index is 0.439. The van der Waals surface area contributed by atoms with Gasteiger partial charge in [-0.3, -0.25) is 9.05 Å². The van der Waals surface area contributed by atoms with Gasteiger partial charge in [-0.05, 0) is 12.8 Å². The fraction of sp³-hybridized carbons (Fsp3) is 1.00. The average Bonchev–Trinajstić information content (AvgIpc) is 2.64. The van der Waals surface area contributed by atoms with Crippen molar-refractivity contribution in [2.24, 2.45) is 0 Å². The van der Waals surface area contributed by atoms with Crippen LogP contribution in [0.4, 0.5) is 0 Å². The van der Waals surface area contributed by atoms with Crippen LogP contribution in [0.2, 0.25) is 0 Å². The molecule has 3 nitrogen and oxygen atoms in total. The lowest BCUT2D eigenvalue weighted by molar-refractivity contribution is 0.211. The zero-order valence-electron chi connectivity index (χ0n) is 18.2. The second-order valence-electron chi connectivity index (χ2n) is 7.75. The van der Waals surface area contributed by atoms with Gasteiger partial charge in [-0.15, -0.1) is 0 Å². The van der Waals surface area contributed by atoms with Gasteiger partial charge in [0, 0.05) is 11.2 Å². The summed E-state index contributed by atoms with van der Waals surface area (Å²) in [4.78, 5) is 0. The molecule has 5 heteroatoms. The summed E-state index contributed by atoms with van der Waals surface area (Å²) in [5.41, 5.74) is 0. The lowest BCUT2D eigenvalue weighted by atomic mass is 10.1. The number of halogens is 1. The maximum absolute atomic E-state index is 12.0. The van der Waals surface area contributed by atoms with Crippen LogP contribution < -0.4 is 0 Å². The van der Waals surface area contributed by atoms with Crippen LogP contribution in [-0.4, -0.2) is 13.2 Å². The lowest BCUT2D eigenvalue weighted by Gasteiger charge is -2.11. The SMILES string of the molecule is CCCCCCCCCCCOP(=O)(Cl)OCCCCCCCCCCC. The Kier molecular flexibility index (Phi) is 21.5. The molecule has 0 saturated heterocycles. The fourth-order valence-corrected chi connectivity index (χ4v) is 4.39. The molecule has 0 aromatic rings. The molecule has 0 aliphatic heterocycles. The highest BCUT2D eigenvalue weighted by molar-refractivity contribution is 7.81. The molecular weight excluding hydrogens is 379 g/mol. The molecule has 0 amide bonds. The molecule has 27 heavy (non-hydrogen) atoms. The maximum atomic E-state index is 12.0. The summed E-state index contributed by atoms with van der Waals surface area (Å²) in [6.07, 6.45) is 22.5. The predicted molar refractivity (Wildman–Crippen MR) is 120 cm³/mol. The van der Waals surface area contributed by atoms with E-state index in [1.807, 2.05) is 0 Å². The Morgan fingerprint density at radius 2 is 0.778 bits per heavy atom. The first-order valence-electron chi connectivity index (χ1n) is 11.7. The van der Waals surface area contributed by atoms with Crippen molar-refractivity contribution in [2.75, 3.05) is 13.2 Å². The molecule has 0 heterocycles. The van der Waals surface area contributed by atoms with Crippen molar-refractivity contribution in [1.82, 2.24) is 0 Å². The summed E-state index contributed by atoms with van der Waals surface area (Å²) in [6, 6.07) is 0. The van der Waals surface area contributed by atoms with Crippen molar-refractivity contribution in [3.63, 3.8) is 0 Å². The number of hydrogen-bond donors (Lipinski definition) is 0. The summed E-state index contributed by atoms with van der Waals surface area (Å²) >= 11 is 5.87. The van der Waals surface area contributed by atoms with Crippen LogP contribution in [0.15, 0.2) is 0 Å². The first kappa shape index (κ1) is 27.4. The Morgan fingerprint density at radius 3 is 1.07 bits per heavy atom. The normalized spacial score (nSPS) is 12.0. The lowest BCUT2D eigenvalue weighted by Crippen LogP contribution is -1.96. The molecule has 0 rings (SSSR count). The van der Waals surface area contributed by atoms with E-state index in [1.54, 1.807) is 0 Å². The molecule has 0 aliphatic rings. The third kappa shape index (κ3) is 22.6. The van der Waals surface area contributed by atoms with Gasteiger partial charge in [0.05, 0.1) is 13.2 Å². The minimum atomic E-state index is -3.37. The first-order chi connectivity index (χ1) is 13.1. The van der Waals surface area contributed by atoms with Gasteiger partial charge in [0.2, 0.25) is 0 Å². The zero-order valence-corrected chi connectivity index (χ0v) is 19.8. The van der Waals surface area contributed by atoms with Gasteiger partial charge in [-0.1, -0.05) is 117 Å². The monoisotopic (exact) mass is 424 g/mol. The maximum Gasteiger partial charge on any atom is 0.424 e. The van der Waals surface area contributed by atoms with Gasteiger partial charge in [0.15, 0.2) is 0 Å².